The Balaban J connectivity index is 1.62. The molecule has 0 aliphatic carbocycles. The van der Waals surface area contributed by atoms with E-state index in [0.717, 1.165) is 13.1 Å². The van der Waals surface area contributed by atoms with Gasteiger partial charge in [0, 0.05) is 38.2 Å². The van der Waals surface area contributed by atoms with E-state index in [-0.39, 0.29) is 17.7 Å². The Morgan fingerprint density at radius 2 is 1.92 bits per heavy atom. The molecule has 4 rings (SSSR count). The number of nitrogens with zero attached hydrogens (tertiary/aromatic N) is 3. The zero-order valence-electron chi connectivity index (χ0n) is 13.6. The minimum atomic E-state index is -0.413. The molecule has 1 unspecified atom stereocenters. The van der Waals surface area contributed by atoms with Gasteiger partial charge in [-0.25, -0.2) is 0 Å². The van der Waals surface area contributed by atoms with E-state index in [0.29, 0.717) is 42.9 Å². The topological polar surface area (TPSA) is 73.0 Å². The highest BCUT2D eigenvalue weighted by Gasteiger charge is 2.41. The second-order valence-electron chi connectivity index (χ2n) is 6.63. The third-order valence-corrected chi connectivity index (χ3v) is 5.07. The van der Waals surface area contributed by atoms with Crippen molar-refractivity contribution in [2.24, 2.45) is 0 Å². The molecule has 3 amide bonds. The number of rotatable bonds is 1. The van der Waals surface area contributed by atoms with Crippen LogP contribution in [0.1, 0.15) is 23.2 Å². The van der Waals surface area contributed by atoms with E-state index >= 15 is 0 Å². The maximum Gasteiger partial charge on any atom is 0.254 e. The lowest BCUT2D eigenvalue weighted by Crippen LogP contribution is -2.47. The summed E-state index contributed by atoms with van der Waals surface area (Å²) in [5.41, 5.74) is 1.78. The Kier molecular flexibility index (Phi) is 3.53. The van der Waals surface area contributed by atoms with E-state index in [4.69, 9.17) is 0 Å². The fraction of sp³-hybridized carbons (Fsp3) is 0.471. The number of piperazine rings is 1. The van der Waals surface area contributed by atoms with Crippen LogP contribution in [-0.2, 0) is 9.59 Å². The molecule has 2 saturated heterocycles. The molecule has 24 heavy (non-hydrogen) atoms. The predicted molar refractivity (Wildman–Crippen MR) is 89.0 cm³/mol. The predicted octanol–water partition coefficient (Wildman–Crippen LogP) is 0.522. The molecule has 0 aromatic heterocycles. The van der Waals surface area contributed by atoms with Crippen LogP contribution in [0.4, 0.5) is 11.4 Å². The average Bonchev–Trinajstić information content (AvgIpc) is 2.97. The van der Waals surface area contributed by atoms with Gasteiger partial charge in [-0.2, -0.15) is 0 Å². The van der Waals surface area contributed by atoms with Crippen LogP contribution >= 0.6 is 0 Å². The fourth-order valence-electron chi connectivity index (χ4n) is 3.62. The zero-order chi connectivity index (χ0) is 16.8. The molecule has 0 radical (unpaired) electrons. The first-order valence-electron chi connectivity index (χ1n) is 8.29. The molecular formula is C17H20N4O3. The van der Waals surface area contributed by atoms with Crippen molar-refractivity contribution in [1.29, 1.82) is 0 Å². The summed E-state index contributed by atoms with van der Waals surface area (Å²) in [6.07, 6.45) is 0.936. The van der Waals surface area contributed by atoms with Gasteiger partial charge in [0.2, 0.25) is 11.8 Å². The first-order chi connectivity index (χ1) is 11.5. The Bertz CT molecular complexity index is 725. The van der Waals surface area contributed by atoms with Gasteiger partial charge in [0.15, 0.2) is 0 Å². The molecule has 1 N–H and O–H groups in total. The summed E-state index contributed by atoms with van der Waals surface area (Å²) in [5.74, 6) is -0.234. The lowest BCUT2D eigenvalue weighted by molar-refractivity contribution is -0.120. The molecule has 7 heteroatoms. The first kappa shape index (κ1) is 15.1. The number of hydrogen-bond acceptors (Lipinski definition) is 4. The fourth-order valence-corrected chi connectivity index (χ4v) is 3.62. The summed E-state index contributed by atoms with van der Waals surface area (Å²) in [7, 11) is 2.04. The Morgan fingerprint density at radius 3 is 2.67 bits per heavy atom. The second kappa shape index (κ2) is 5.59. The van der Waals surface area contributed by atoms with E-state index in [2.05, 4.69) is 10.2 Å². The highest BCUT2D eigenvalue weighted by atomic mass is 16.2. The normalized spacial score (nSPS) is 23.8. The molecule has 0 spiro atoms. The third-order valence-electron chi connectivity index (χ3n) is 5.07. The van der Waals surface area contributed by atoms with Crippen molar-refractivity contribution in [3.8, 4) is 0 Å². The van der Waals surface area contributed by atoms with Crippen LogP contribution in [0.25, 0.3) is 0 Å². The molecule has 1 aromatic rings. The van der Waals surface area contributed by atoms with Crippen LogP contribution < -0.4 is 10.2 Å². The van der Waals surface area contributed by atoms with Crippen LogP contribution in [0.5, 0.6) is 0 Å². The molecule has 2 fully saturated rings. The van der Waals surface area contributed by atoms with Crippen molar-refractivity contribution >= 4 is 29.1 Å². The zero-order valence-corrected chi connectivity index (χ0v) is 13.6. The molecule has 1 atom stereocenters. The van der Waals surface area contributed by atoms with Crippen molar-refractivity contribution in [3.63, 3.8) is 0 Å². The van der Waals surface area contributed by atoms with Gasteiger partial charge < -0.3 is 15.1 Å². The van der Waals surface area contributed by atoms with Crippen LogP contribution in [-0.4, -0.2) is 66.8 Å². The molecule has 3 aliphatic heterocycles. The summed E-state index contributed by atoms with van der Waals surface area (Å²) in [6, 6.07) is 4.80. The minimum absolute atomic E-state index is 0.0324. The van der Waals surface area contributed by atoms with Gasteiger partial charge in [-0.15, -0.1) is 0 Å². The van der Waals surface area contributed by atoms with Gasteiger partial charge in [-0.05, 0) is 31.7 Å². The van der Waals surface area contributed by atoms with Crippen LogP contribution in [0.3, 0.4) is 0 Å². The van der Waals surface area contributed by atoms with Gasteiger partial charge in [0.05, 0.1) is 11.4 Å². The number of carbonyl (C=O) groups excluding carboxylic acids is 3. The molecule has 3 heterocycles. The molecule has 0 bridgehead atoms. The summed E-state index contributed by atoms with van der Waals surface area (Å²) in [4.78, 5) is 42.5. The first-order valence-corrected chi connectivity index (χ1v) is 8.29. The van der Waals surface area contributed by atoms with E-state index in [1.165, 1.54) is 0 Å². The van der Waals surface area contributed by atoms with Gasteiger partial charge >= 0.3 is 0 Å². The quantitative estimate of drug-likeness (QED) is 0.816. The number of carbonyl (C=O) groups is 3. The van der Waals surface area contributed by atoms with Gasteiger partial charge in [0.25, 0.3) is 5.91 Å². The summed E-state index contributed by atoms with van der Waals surface area (Å²) >= 11 is 0. The van der Waals surface area contributed by atoms with Crippen molar-refractivity contribution < 1.29 is 14.4 Å². The molecule has 0 saturated carbocycles. The number of benzene rings is 1. The number of fused-ring (bicyclic) bond motifs is 3. The van der Waals surface area contributed by atoms with Gasteiger partial charge in [0.1, 0.15) is 6.04 Å². The smallest absolute Gasteiger partial charge is 0.254 e. The lowest BCUT2D eigenvalue weighted by Gasteiger charge is -2.34. The number of likely N-dealkylation sites (N-methyl/N-ethyl adjacent to an activating group) is 1. The average molecular weight is 328 g/mol. The minimum Gasteiger partial charge on any atom is -0.336 e. The largest absolute Gasteiger partial charge is 0.336 e. The monoisotopic (exact) mass is 328 g/mol. The van der Waals surface area contributed by atoms with Gasteiger partial charge in [-0.3, -0.25) is 19.3 Å². The standard InChI is InChI=1S/C17H20N4O3/c1-19-6-8-20(9-7-19)17(24)11-2-3-13-12(10-11)18-16(23)14-4-5-15(22)21(13)14/h2-3,10,14H,4-9H2,1H3,(H,18,23). The Morgan fingerprint density at radius 1 is 1.17 bits per heavy atom. The molecule has 3 aliphatic rings. The summed E-state index contributed by atoms with van der Waals surface area (Å²) in [6.45, 7) is 3.12. The summed E-state index contributed by atoms with van der Waals surface area (Å²) < 4.78 is 0. The molecule has 126 valence electrons. The highest BCUT2D eigenvalue weighted by molar-refractivity contribution is 6.14. The Labute approximate surface area is 140 Å². The van der Waals surface area contributed by atoms with E-state index in [1.807, 2.05) is 11.9 Å². The third kappa shape index (κ3) is 2.36. The van der Waals surface area contributed by atoms with Crippen LogP contribution in [0, 0.1) is 0 Å². The van der Waals surface area contributed by atoms with Crippen LogP contribution in [0.15, 0.2) is 18.2 Å². The van der Waals surface area contributed by atoms with E-state index < -0.39 is 6.04 Å². The maximum absolute atomic E-state index is 12.7. The number of amides is 3. The SMILES string of the molecule is CN1CCN(C(=O)c2ccc3c(c2)NC(=O)C2CCC(=O)N32)CC1. The summed E-state index contributed by atoms with van der Waals surface area (Å²) in [5, 5.41) is 2.85. The van der Waals surface area contributed by atoms with Crippen LogP contribution in [0.2, 0.25) is 0 Å². The highest BCUT2D eigenvalue weighted by Crippen LogP contribution is 2.37. The van der Waals surface area contributed by atoms with E-state index in [1.54, 1.807) is 23.1 Å². The molecule has 1 aromatic carbocycles. The Hall–Kier alpha value is -2.41. The van der Waals surface area contributed by atoms with Gasteiger partial charge in [-0.1, -0.05) is 0 Å². The molecular weight excluding hydrogens is 308 g/mol. The second-order valence-corrected chi connectivity index (χ2v) is 6.63. The van der Waals surface area contributed by atoms with Crippen molar-refractivity contribution in [3.05, 3.63) is 23.8 Å². The molecule has 7 nitrogen and oxygen atoms in total. The number of nitrogens with one attached hydrogen (secondary N) is 1. The number of anilines is 2. The van der Waals surface area contributed by atoms with Crippen molar-refractivity contribution in [1.82, 2.24) is 9.80 Å². The van der Waals surface area contributed by atoms with Crippen molar-refractivity contribution in [2.45, 2.75) is 18.9 Å². The van der Waals surface area contributed by atoms with Crippen molar-refractivity contribution in [2.75, 3.05) is 43.4 Å². The lowest BCUT2D eigenvalue weighted by atomic mass is 10.1. The number of hydrogen-bond donors (Lipinski definition) is 1. The maximum atomic E-state index is 12.7. The van der Waals surface area contributed by atoms with E-state index in [9.17, 15) is 14.4 Å².